The fraction of sp³-hybridized carbons (Fsp3) is 0.476. The van der Waals surface area contributed by atoms with Crippen LogP contribution in [-0.2, 0) is 22.9 Å². The van der Waals surface area contributed by atoms with Crippen molar-refractivity contribution in [2.24, 2.45) is 5.92 Å². The molecule has 1 saturated heterocycles. The molecular weight excluding hydrogens is 388 g/mol. The molecule has 1 aromatic carbocycles. The number of carbonyl (C=O) groups is 1. The molecule has 0 unspecified atom stereocenters. The zero-order valence-corrected chi connectivity index (χ0v) is 17.1. The van der Waals surface area contributed by atoms with E-state index in [0.29, 0.717) is 29.4 Å². The number of benzene rings is 1. The van der Waals surface area contributed by atoms with Gasteiger partial charge < -0.3 is 15.2 Å². The number of rotatable bonds is 2. The number of aryl methyl sites for hydroxylation is 2. The highest BCUT2D eigenvalue weighted by molar-refractivity contribution is 7.89. The fourth-order valence-corrected chi connectivity index (χ4v) is 6.17. The Morgan fingerprint density at radius 2 is 1.83 bits per heavy atom. The van der Waals surface area contributed by atoms with Gasteiger partial charge >= 0.3 is 0 Å². The number of aromatic nitrogens is 1. The van der Waals surface area contributed by atoms with Crippen LogP contribution in [0.3, 0.4) is 0 Å². The van der Waals surface area contributed by atoms with Gasteiger partial charge in [-0.2, -0.15) is 4.72 Å². The number of likely N-dealkylation sites (tertiary alicyclic amines) is 1. The van der Waals surface area contributed by atoms with Crippen LogP contribution in [-0.4, -0.2) is 43.5 Å². The molecule has 1 fully saturated rings. The minimum Gasteiger partial charge on any atom is -0.368 e. The average Bonchev–Trinajstić information content (AvgIpc) is 3.17. The Bertz CT molecular complexity index is 1010. The molecule has 5 rings (SSSR count). The van der Waals surface area contributed by atoms with E-state index in [0.717, 1.165) is 25.7 Å². The molecule has 0 bridgehead atoms. The van der Waals surface area contributed by atoms with Crippen molar-refractivity contribution >= 4 is 21.6 Å². The predicted octanol–water partition coefficient (Wildman–Crippen LogP) is 2.48. The van der Waals surface area contributed by atoms with Gasteiger partial charge in [-0.15, -0.1) is 0 Å². The van der Waals surface area contributed by atoms with Gasteiger partial charge in [0.05, 0.1) is 11.9 Å². The van der Waals surface area contributed by atoms with Gasteiger partial charge in [0.25, 0.3) is 5.91 Å². The molecule has 3 N–H and O–H groups in total. The van der Waals surface area contributed by atoms with Gasteiger partial charge in [0.2, 0.25) is 10.0 Å². The van der Waals surface area contributed by atoms with Crippen molar-refractivity contribution in [2.75, 3.05) is 18.4 Å². The molecule has 1 aliphatic carbocycles. The number of fused-ring (bicyclic) bond motifs is 2. The largest absolute Gasteiger partial charge is 0.368 e. The first kappa shape index (κ1) is 18.7. The van der Waals surface area contributed by atoms with Crippen LogP contribution >= 0.6 is 0 Å². The lowest BCUT2D eigenvalue weighted by molar-refractivity contribution is 0.0674. The van der Waals surface area contributed by atoms with E-state index in [9.17, 15) is 13.2 Å². The summed E-state index contributed by atoms with van der Waals surface area (Å²) in [4.78, 5) is 18.4. The van der Waals surface area contributed by atoms with E-state index in [4.69, 9.17) is 0 Å². The lowest BCUT2D eigenvalue weighted by Crippen LogP contribution is -2.52. The van der Waals surface area contributed by atoms with Gasteiger partial charge in [-0.25, -0.2) is 8.42 Å². The van der Waals surface area contributed by atoms with E-state index in [1.807, 2.05) is 17.0 Å². The topological polar surface area (TPSA) is 94.3 Å². The summed E-state index contributed by atoms with van der Waals surface area (Å²) in [6.07, 6.45) is 5.63. The van der Waals surface area contributed by atoms with Crippen LogP contribution in [0.4, 0.5) is 5.69 Å². The molecule has 1 amide bonds. The standard InChI is InChI=1S/C21H26N4O3S/c26-21(18-13-15-5-1-2-6-16(15)22-18)25-11-9-14(10-12-25)20-23-17-7-3-4-8-19(17)29(27,28)24-20/h3-4,7-8,13-14,20,22-24H,1-2,5-6,9-12H2/t20-/m0/s1. The summed E-state index contributed by atoms with van der Waals surface area (Å²) in [5.41, 5.74) is 3.84. The van der Waals surface area contributed by atoms with Crippen LogP contribution in [0.15, 0.2) is 35.2 Å². The monoisotopic (exact) mass is 414 g/mol. The Kier molecular flexibility index (Phi) is 4.63. The second kappa shape index (κ2) is 7.18. The third-order valence-electron chi connectivity index (χ3n) is 6.41. The Morgan fingerprint density at radius 1 is 1.07 bits per heavy atom. The number of para-hydroxylation sites is 1. The van der Waals surface area contributed by atoms with Crippen LogP contribution in [0.1, 0.15) is 47.4 Å². The van der Waals surface area contributed by atoms with Crippen molar-refractivity contribution < 1.29 is 13.2 Å². The summed E-state index contributed by atoms with van der Waals surface area (Å²) >= 11 is 0. The number of hydrogen-bond acceptors (Lipinski definition) is 4. The number of carbonyl (C=O) groups excluding carboxylic acids is 1. The molecule has 0 spiro atoms. The van der Waals surface area contributed by atoms with Crippen molar-refractivity contribution in [2.45, 2.75) is 49.6 Å². The van der Waals surface area contributed by atoms with Crippen molar-refractivity contribution in [3.05, 3.63) is 47.3 Å². The molecule has 1 aromatic heterocycles. The zero-order valence-electron chi connectivity index (χ0n) is 16.3. The normalized spacial score (nSPS) is 23.7. The van der Waals surface area contributed by atoms with E-state index in [2.05, 4.69) is 15.0 Å². The van der Waals surface area contributed by atoms with E-state index in [1.165, 1.54) is 24.1 Å². The number of sulfonamides is 1. The van der Waals surface area contributed by atoms with Crippen LogP contribution in [0, 0.1) is 5.92 Å². The van der Waals surface area contributed by atoms with Gasteiger partial charge in [0, 0.05) is 18.8 Å². The molecule has 8 heteroatoms. The Hall–Kier alpha value is -2.32. The van der Waals surface area contributed by atoms with Gasteiger partial charge in [-0.1, -0.05) is 12.1 Å². The van der Waals surface area contributed by atoms with E-state index >= 15 is 0 Å². The Labute approximate surface area is 170 Å². The third kappa shape index (κ3) is 3.44. The smallest absolute Gasteiger partial charge is 0.270 e. The summed E-state index contributed by atoms with van der Waals surface area (Å²) in [7, 11) is -3.51. The van der Waals surface area contributed by atoms with Crippen molar-refractivity contribution in [3.8, 4) is 0 Å². The first-order valence-corrected chi connectivity index (χ1v) is 11.9. The number of H-pyrrole nitrogens is 1. The number of anilines is 1. The Balaban J connectivity index is 1.25. The average molecular weight is 415 g/mol. The SMILES string of the molecule is O=C(c1cc2c([nH]1)CCCC2)N1CCC([C@H]2Nc3ccccc3S(=O)(=O)N2)CC1. The van der Waals surface area contributed by atoms with Crippen molar-refractivity contribution in [1.29, 1.82) is 0 Å². The van der Waals surface area contributed by atoms with Gasteiger partial charge in [-0.05, 0) is 68.2 Å². The summed E-state index contributed by atoms with van der Waals surface area (Å²) in [5, 5.41) is 3.33. The maximum Gasteiger partial charge on any atom is 0.270 e. The van der Waals surface area contributed by atoms with Crippen LogP contribution in [0.5, 0.6) is 0 Å². The van der Waals surface area contributed by atoms with Gasteiger partial charge in [0.1, 0.15) is 10.6 Å². The number of nitrogens with one attached hydrogen (secondary N) is 3. The molecule has 29 heavy (non-hydrogen) atoms. The summed E-state index contributed by atoms with van der Waals surface area (Å²) in [5.74, 6) is 0.194. The van der Waals surface area contributed by atoms with E-state index < -0.39 is 10.0 Å². The lowest BCUT2D eigenvalue weighted by atomic mass is 9.93. The molecular formula is C21H26N4O3S. The highest BCUT2D eigenvalue weighted by Crippen LogP contribution is 2.31. The highest BCUT2D eigenvalue weighted by Gasteiger charge is 2.36. The molecule has 0 saturated carbocycles. The first-order valence-electron chi connectivity index (χ1n) is 10.4. The van der Waals surface area contributed by atoms with E-state index in [-0.39, 0.29) is 18.0 Å². The molecule has 2 aromatic rings. The van der Waals surface area contributed by atoms with E-state index in [1.54, 1.807) is 18.2 Å². The summed E-state index contributed by atoms with van der Waals surface area (Å²) in [6, 6.07) is 8.99. The molecule has 3 aliphatic rings. The quantitative estimate of drug-likeness (QED) is 0.704. The van der Waals surface area contributed by atoms with Crippen LogP contribution in [0.2, 0.25) is 0 Å². The minimum absolute atomic E-state index is 0.0559. The number of nitrogens with zero attached hydrogens (tertiary/aromatic N) is 1. The molecule has 2 aliphatic heterocycles. The predicted molar refractivity (Wildman–Crippen MR) is 110 cm³/mol. The minimum atomic E-state index is -3.51. The molecule has 0 radical (unpaired) electrons. The maximum atomic E-state index is 12.9. The lowest BCUT2D eigenvalue weighted by Gasteiger charge is -2.38. The second-order valence-corrected chi connectivity index (χ2v) is 9.95. The maximum absolute atomic E-state index is 12.9. The molecule has 1 atom stereocenters. The zero-order chi connectivity index (χ0) is 20.0. The third-order valence-corrected chi connectivity index (χ3v) is 7.91. The van der Waals surface area contributed by atoms with Crippen molar-refractivity contribution in [1.82, 2.24) is 14.6 Å². The van der Waals surface area contributed by atoms with Gasteiger partial charge in [0.15, 0.2) is 0 Å². The fourth-order valence-electron chi connectivity index (χ4n) is 4.79. The molecule has 154 valence electrons. The molecule has 7 nitrogen and oxygen atoms in total. The van der Waals surface area contributed by atoms with Crippen LogP contribution in [0.25, 0.3) is 0 Å². The van der Waals surface area contributed by atoms with Crippen LogP contribution < -0.4 is 10.0 Å². The summed E-state index contributed by atoms with van der Waals surface area (Å²) in [6.45, 7) is 1.27. The highest BCUT2D eigenvalue weighted by atomic mass is 32.2. The number of hydrogen-bond donors (Lipinski definition) is 3. The summed E-state index contributed by atoms with van der Waals surface area (Å²) < 4.78 is 27.9. The number of amides is 1. The Morgan fingerprint density at radius 3 is 2.62 bits per heavy atom. The number of aromatic amines is 1. The van der Waals surface area contributed by atoms with Crippen molar-refractivity contribution in [3.63, 3.8) is 0 Å². The van der Waals surface area contributed by atoms with Gasteiger partial charge in [-0.3, -0.25) is 4.79 Å². The first-order chi connectivity index (χ1) is 14.0. The molecule has 3 heterocycles. The second-order valence-electron chi connectivity index (χ2n) is 8.26. The number of piperidine rings is 1.